The number of ether oxygens (including phenoxy) is 1. The number of fused-ring (bicyclic) bond motifs is 1. The number of nitrogens with zero attached hydrogens (tertiary/aromatic N) is 1. The minimum atomic E-state index is -0.361. The number of rotatable bonds is 3. The predicted molar refractivity (Wildman–Crippen MR) is 95.9 cm³/mol. The first-order chi connectivity index (χ1) is 12.6. The molecular weight excluding hydrogens is 334 g/mol. The highest BCUT2D eigenvalue weighted by Gasteiger charge is 2.38. The molecule has 1 saturated heterocycles. The number of hydrogen-bond donors (Lipinski definition) is 2. The lowest BCUT2D eigenvalue weighted by molar-refractivity contribution is -0.130. The van der Waals surface area contributed by atoms with Crippen molar-refractivity contribution in [3.63, 3.8) is 0 Å². The highest BCUT2D eigenvalue weighted by Crippen LogP contribution is 2.36. The standard InChI is InChI=1S/C19H23N3O4/c23-16-11-26-15-8-4-7-14(18(15)21-16)20-19(25)12-9-17(24)22(10-12)13-5-2-1-3-6-13/h4,7-8,12-13H,1-3,5-6,9-11H2,(H,20,25)(H,21,23). The maximum atomic E-state index is 12.7. The summed E-state index contributed by atoms with van der Waals surface area (Å²) in [6.07, 6.45) is 5.86. The maximum absolute atomic E-state index is 12.7. The largest absolute Gasteiger partial charge is 0.481 e. The highest BCUT2D eigenvalue weighted by atomic mass is 16.5. The number of benzene rings is 1. The second-order valence-electron chi connectivity index (χ2n) is 7.24. The zero-order valence-corrected chi connectivity index (χ0v) is 14.6. The van der Waals surface area contributed by atoms with Crippen LogP contribution in [0.25, 0.3) is 0 Å². The van der Waals surface area contributed by atoms with Crippen molar-refractivity contribution in [2.45, 2.75) is 44.6 Å². The summed E-state index contributed by atoms with van der Waals surface area (Å²) in [5.74, 6) is -0.193. The number of para-hydroxylation sites is 1. The lowest BCUT2D eigenvalue weighted by atomic mass is 9.94. The summed E-state index contributed by atoms with van der Waals surface area (Å²) in [5, 5.41) is 5.60. The third-order valence-corrected chi connectivity index (χ3v) is 5.45. The Kier molecular flexibility index (Phi) is 4.53. The van der Waals surface area contributed by atoms with Crippen LogP contribution in [0.5, 0.6) is 5.75 Å². The third-order valence-electron chi connectivity index (χ3n) is 5.45. The van der Waals surface area contributed by atoms with Crippen LogP contribution < -0.4 is 15.4 Å². The van der Waals surface area contributed by atoms with E-state index in [-0.39, 0.29) is 42.7 Å². The van der Waals surface area contributed by atoms with Gasteiger partial charge in [-0.05, 0) is 25.0 Å². The number of carbonyl (C=O) groups excluding carboxylic acids is 3. The number of likely N-dealkylation sites (tertiary alicyclic amines) is 1. The molecule has 1 saturated carbocycles. The van der Waals surface area contributed by atoms with Gasteiger partial charge in [-0.3, -0.25) is 14.4 Å². The maximum Gasteiger partial charge on any atom is 0.262 e. The van der Waals surface area contributed by atoms with Crippen molar-refractivity contribution in [2.75, 3.05) is 23.8 Å². The molecule has 0 aromatic heterocycles. The number of amides is 3. The van der Waals surface area contributed by atoms with Crippen LogP contribution in [0, 0.1) is 5.92 Å². The van der Waals surface area contributed by atoms with Gasteiger partial charge in [-0.1, -0.05) is 25.3 Å². The topological polar surface area (TPSA) is 87.7 Å². The van der Waals surface area contributed by atoms with Gasteiger partial charge in [0.1, 0.15) is 11.4 Å². The summed E-state index contributed by atoms with van der Waals surface area (Å²) in [4.78, 5) is 38.6. The molecule has 1 aliphatic carbocycles. The monoisotopic (exact) mass is 357 g/mol. The fraction of sp³-hybridized carbons (Fsp3) is 0.526. The minimum Gasteiger partial charge on any atom is -0.481 e. The summed E-state index contributed by atoms with van der Waals surface area (Å²) < 4.78 is 5.37. The Morgan fingerprint density at radius 1 is 1.19 bits per heavy atom. The molecular formula is C19H23N3O4. The van der Waals surface area contributed by atoms with E-state index in [2.05, 4.69) is 10.6 Å². The quantitative estimate of drug-likeness (QED) is 0.868. The molecule has 1 aromatic rings. The first kappa shape index (κ1) is 16.9. The molecule has 0 spiro atoms. The van der Waals surface area contributed by atoms with Gasteiger partial charge in [-0.15, -0.1) is 0 Å². The molecule has 7 heteroatoms. The van der Waals surface area contributed by atoms with Crippen molar-refractivity contribution in [3.05, 3.63) is 18.2 Å². The second-order valence-corrected chi connectivity index (χ2v) is 7.24. The van der Waals surface area contributed by atoms with Gasteiger partial charge in [0.25, 0.3) is 5.91 Å². The van der Waals surface area contributed by atoms with Crippen molar-refractivity contribution < 1.29 is 19.1 Å². The molecule has 26 heavy (non-hydrogen) atoms. The van der Waals surface area contributed by atoms with Crippen molar-refractivity contribution >= 4 is 29.1 Å². The van der Waals surface area contributed by atoms with E-state index in [0.29, 0.717) is 23.7 Å². The van der Waals surface area contributed by atoms with Crippen LogP contribution in [0.15, 0.2) is 18.2 Å². The Labute approximate surface area is 152 Å². The zero-order valence-electron chi connectivity index (χ0n) is 14.6. The molecule has 0 radical (unpaired) electrons. The molecule has 2 heterocycles. The average molecular weight is 357 g/mol. The molecule has 2 fully saturated rings. The van der Waals surface area contributed by atoms with Crippen LogP contribution in [-0.2, 0) is 14.4 Å². The third kappa shape index (κ3) is 3.25. The molecule has 7 nitrogen and oxygen atoms in total. The predicted octanol–water partition coefficient (Wildman–Crippen LogP) is 2.14. The van der Waals surface area contributed by atoms with Gasteiger partial charge in [0.2, 0.25) is 11.8 Å². The SMILES string of the molecule is O=C1COc2cccc(NC(=O)C3CC(=O)N(C4CCCCC4)C3)c2N1. The molecule has 1 atom stereocenters. The van der Waals surface area contributed by atoms with Crippen LogP contribution >= 0.6 is 0 Å². The van der Waals surface area contributed by atoms with E-state index in [9.17, 15) is 14.4 Å². The fourth-order valence-corrected chi connectivity index (χ4v) is 4.09. The van der Waals surface area contributed by atoms with Crippen molar-refractivity contribution in [1.82, 2.24) is 4.90 Å². The number of hydrogen-bond acceptors (Lipinski definition) is 4. The van der Waals surface area contributed by atoms with Gasteiger partial charge in [0.05, 0.1) is 11.6 Å². The second kappa shape index (κ2) is 6.97. The van der Waals surface area contributed by atoms with E-state index in [0.717, 1.165) is 25.7 Å². The van der Waals surface area contributed by atoms with E-state index in [4.69, 9.17) is 4.74 Å². The van der Waals surface area contributed by atoms with Crippen LogP contribution in [0.4, 0.5) is 11.4 Å². The number of anilines is 2. The Bertz CT molecular complexity index is 742. The van der Waals surface area contributed by atoms with Gasteiger partial charge in [-0.25, -0.2) is 0 Å². The van der Waals surface area contributed by atoms with E-state index in [1.54, 1.807) is 18.2 Å². The first-order valence-electron chi connectivity index (χ1n) is 9.28. The van der Waals surface area contributed by atoms with Gasteiger partial charge < -0.3 is 20.3 Å². The molecule has 4 rings (SSSR count). The van der Waals surface area contributed by atoms with Crippen molar-refractivity contribution in [2.24, 2.45) is 5.92 Å². The lowest BCUT2D eigenvalue weighted by Crippen LogP contribution is -2.38. The summed E-state index contributed by atoms with van der Waals surface area (Å²) in [7, 11) is 0. The first-order valence-corrected chi connectivity index (χ1v) is 9.28. The normalized spacial score (nSPS) is 23.2. The smallest absolute Gasteiger partial charge is 0.262 e. The Morgan fingerprint density at radius 2 is 2.00 bits per heavy atom. The number of nitrogens with one attached hydrogen (secondary N) is 2. The van der Waals surface area contributed by atoms with Crippen LogP contribution in [-0.4, -0.2) is 41.8 Å². The number of carbonyl (C=O) groups is 3. The van der Waals surface area contributed by atoms with Gasteiger partial charge in [0.15, 0.2) is 6.61 Å². The Morgan fingerprint density at radius 3 is 2.81 bits per heavy atom. The van der Waals surface area contributed by atoms with E-state index in [1.807, 2.05) is 4.90 Å². The zero-order chi connectivity index (χ0) is 18.1. The minimum absolute atomic E-state index is 0.0299. The summed E-state index contributed by atoms with van der Waals surface area (Å²) in [5.41, 5.74) is 0.981. The molecule has 3 amide bonds. The summed E-state index contributed by atoms with van der Waals surface area (Å²) >= 11 is 0. The Hall–Kier alpha value is -2.57. The lowest BCUT2D eigenvalue weighted by Gasteiger charge is -2.31. The van der Waals surface area contributed by atoms with Gasteiger partial charge in [0, 0.05) is 19.0 Å². The van der Waals surface area contributed by atoms with Crippen molar-refractivity contribution in [1.29, 1.82) is 0 Å². The molecule has 2 aliphatic heterocycles. The molecule has 1 unspecified atom stereocenters. The summed E-state index contributed by atoms with van der Waals surface area (Å²) in [6, 6.07) is 5.52. The average Bonchev–Trinajstić information content (AvgIpc) is 3.05. The van der Waals surface area contributed by atoms with Crippen LogP contribution in [0.2, 0.25) is 0 Å². The Balaban J connectivity index is 1.44. The summed E-state index contributed by atoms with van der Waals surface area (Å²) in [6.45, 7) is 0.449. The van der Waals surface area contributed by atoms with Crippen LogP contribution in [0.1, 0.15) is 38.5 Å². The molecule has 0 bridgehead atoms. The van der Waals surface area contributed by atoms with E-state index in [1.165, 1.54) is 6.42 Å². The molecule has 2 N–H and O–H groups in total. The van der Waals surface area contributed by atoms with E-state index < -0.39 is 0 Å². The van der Waals surface area contributed by atoms with Gasteiger partial charge >= 0.3 is 0 Å². The van der Waals surface area contributed by atoms with Gasteiger partial charge in [-0.2, -0.15) is 0 Å². The molecule has 1 aromatic carbocycles. The van der Waals surface area contributed by atoms with Crippen LogP contribution in [0.3, 0.4) is 0 Å². The molecule has 3 aliphatic rings. The van der Waals surface area contributed by atoms with Crippen molar-refractivity contribution in [3.8, 4) is 5.75 Å². The fourth-order valence-electron chi connectivity index (χ4n) is 4.09. The van der Waals surface area contributed by atoms with E-state index >= 15 is 0 Å². The highest BCUT2D eigenvalue weighted by molar-refractivity contribution is 6.04. The molecule has 138 valence electrons.